The number of hydrogen-bond acceptors (Lipinski definition) is 4. The van der Waals surface area contributed by atoms with E-state index in [4.69, 9.17) is 9.84 Å². The number of carbonyl (C=O) groups is 2. The van der Waals surface area contributed by atoms with Gasteiger partial charge in [-0.2, -0.15) is 4.39 Å². The van der Waals surface area contributed by atoms with Crippen LogP contribution >= 0.6 is 0 Å². The number of rotatable bonds is 15. The van der Waals surface area contributed by atoms with E-state index in [1.165, 1.54) is 12.1 Å². The first-order chi connectivity index (χ1) is 13.8. The lowest BCUT2D eigenvalue weighted by Crippen LogP contribution is -2.42. The average molecular weight is 414 g/mol. The highest BCUT2D eigenvalue weighted by Crippen LogP contribution is 2.19. The summed E-state index contributed by atoms with van der Waals surface area (Å²) in [6.45, 7) is 0.819. The van der Waals surface area contributed by atoms with Gasteiger partial charge < -0.3 is 20.1 Å². The van der Waals surface area contributed by atoms with Gasteiger partial charge in [-0.15, -0.1) is 0 Å². The van der Waals surface area contributed by atoms with E-state index in [1.807, 2.05) is 19.0 Å². The van der Waals surface area contributed by atoms with Crippen LogP contribution in [0.4, 0.5) is 8.78 Å². The molecule has 0 aliphatic heterocycles. The van der Waals surface area contributed by atoms with Crippen molar-refractivity contribution in [1.29, 1.82) is 0 Å². The molecule has 0 heterocycles. The lowest BCUT2D eigenvalue weighted by molar-refractivity contribution is -0.137. The molecule has 6 nitrogen and oxygen atoms in total. The van der Waals surface area contributed by atoms with Gasteiger partial charge in [-0.3, -0.25) is 9.59 Å². The van der Waals surface area contributed by atoms with Crippen LogP contribution in [0.2, 0.25) is 0 Å². The van der Waals surface area contributed by atoms with Crippen LogP contribution in [-0.4, -0.2) is 55.2 Å². The Morgan fingerprint density at radius 3 is 2.41 bits per heavy atom. The number of aliphatic carboxylic acids is 1. The summed E-state index contributed by atoms with van der Waals surface area (Å²) in [4.78, 5) is 24.7. The first-order valence-electron chi connectivity index (χ1n) is 10.0. The Hall–Kier alpha value is -2.22. The van der Waals surface area contributed by atoms with Gasteiger partial charge in [0.05, 0.1) is 19.1 Å². The SMILES string of the molecule is CN(C)CC(CC(=O)O)NC(=O)CCCCCCCCOc1cccc(F)c1F. The molecule has 8 heteroatoms. The number of likely N-dealkylation sites (N-methyl/N-ethyl adjacent to an activating group) is 1. The van der Waals surface area contributed by atoms with Gasteiger partial charge in [-0.25, -0.2) is 4.39 Å². The number of carboxylic acids is 1. The van der Waals surface area contributed by atoms with Crippen molar-refractivity contribution in [3.05, 3.63) is 29.8 Å². The number of ether oxygens (including phenoxy) is 1. The summed E-state index contributed by atoms with van der Waals surface area (Å²) in [5, 5.41) is 11.7. The number of amides is 1. The van der Waals surface area contributed by atoms with Gasteiger partial charge in [-0.05, 0) is 39.1 Å². The van der Waals surface area contributed by atoms with E-state index >= 15 is 0 Å². The van der Waals surface area contributed by atoms with Gasteiger partial charge in [0.2, 0.25) is 11.7 Å². The van der Waals surface area contributed by atoms with Crippen molar-refractivity contribution in [3.63, 3.8) is 0 Å². The fourth-order valence-corrected chi connectivity index (χ4v) is 2.98. The average Bonchev–Trinajstić information content (AvgIpc) is 2.62. The van der Waals surface area contributed by atoms with Gasteiger partial charge in [0.1, 0.15) is 0 Å². The maximum atomic E-state index is 13.4. The van der Waals surface area contributed by atoms with Gasteiger partial charge in [0.25, 0.3) is 0 Å². The Morgan fingerprint density at radius 2 is 1.76 bits per heavy atom. The van der Waals surface area contributed by atoms with E-state index in [0.717, 1.165) is 44.6 Å². The summed E-state index contributed by atoms with van der Waals surface area (Å²) in [7, 11) is 3.67. The fourth-order valence-electron chi connectivity index (χ4n) is 2.98. The van der Waals surface area contributed by atoms with Crippen molar-refractivity contribution in [2.45, 2.75) is 57.4 Å². The Balaban J connectivity index is 2.07. The number of unbranched alkanes of at least 4 members (excludes halogenated alkanes) is 5. The van der Waals surface area contributed by atoms with Crippen LogP contribution in [0.25, 0.3) is 0 Å². The summed E-state index contributed by atoms with van der Waals surface area (Å²) in [6.07, 6.45) is 5.54. The van der Waals surface area contributed by atoms with Crippen LogP contribution in [0.15, 0.2) is 18.2 Å². The van der Waals surface area contributed by atoms with Gasteiger partial charge in [-0.1, -0.05) is 31.7 Å². The van der Waals surface area contributed by atoms with Crippen LogP contribution in [0.1, 0.15) is 51.4 Å². The van der Waals surface area contributed by atoms with Crippen LogP contribution in [0.5, 0.6) is 5.75 Å². The fraction of sp³-hybridized carbons (Fsp3) is 0.619. The van der Waals surface area contributed by atoms with Crippen molar-refractivity contribution in [2.75, 3.05) is 27.2 Å². The zero-order chi connectivity index (χ0) is 21.6. The molecule has 0 fully saturated rings. The van der Waals surface area contributed by atoms with E-state index in [-0.39, 0.29) is 18.1 Å². The summed E-state index contributed by atoms with van der Waals surface area (Å²) in [6, 6.07) is 3.48. The molecule has 1 unspecified atom stereocenters. The maximum Gasteiger partial charge on any atom is 0.305 e. The smallest absolute Gasteiger partial charge is 0.305 e. The Morgan fingerprint density at radius 1 is 1.10 bits per heavy atom. The minimum atomic E-state index is -0.957. The first kappa shape index (κ1) is 24.8. The molecule has 1 rings (SSSR count). The third kappa shape index (κ3) is 11.4. The molecule has 1 aromatic rings. The number of hydrogen-bond donors (Lipinski definition) is 2. The minimum absolute atomic E-state index is 0.0634. The summed E-state index contributed by atoms with van der Waals surface area (Å²) in [5.74, 6) is -2.99. The molecule has 0 saturated carbocycles. The van der Waals surface area contributed by atoms with E-state index in [1.54, 1.807) is 0 Å². The number of benzene rings is 1. The number of carbonyl (C=O) groups excluding carboxylic acids is 1. The van der Waals surface area contributed by atoms with Crippen molar-refractivity contribution >= 4 is 11.9 Å². The summed E-state index contributed by atoms with van der Waals surface area (Å²) in [5.41, 5.74) is 0. The largest absolute Gasteiger partial charge is 0.490 e. The molecular formula is C21H32F2N2O4. The monoisotopic (exact) mass is 414 g/mol. The first-order valence-corrected chi connectivity index (χ1v) is 10.0. The third-order valence-corrected chi connectivity index (χ3v) is 4.34. The summed E-state index contributed by atoms with van der Waals surface area (Å²) >= 11 is 0. The zero-order valence-corrected chi connectivity index (χ0v) is 17.3. The number of carboxylic acid groups (broad SMARTS) is 1. The molecule has 0 aromatic heterocycles. The highest BCUT2D eigenvalue weighted by atomic mass is 19.2. The molecule has 0 spiro atoms. The molecule has 0 saturated heterocycles. The van der Waals surface area contributed by atoms with Crippen LogP contribution in [0, 0.1) is 11.6 Å². The molecule has 1 atom stereocenters. The number of halogens is 2. The van der Waals surface area contributed by atoms with E-state index in [2.05, 4.69) is 5.32 Å². The lowest BCUT2D eigenvalue weighted by Gasteiger charge is -2.20. The van der Waals surface area contributed by atoms with Crippen LogP contribution in [-0.2, 0) is 9.59 Å². The second-order valence-electron chi connectivity index (χ2n) is 7.40. The summed E-state index contributed by atoms with van der Waals surface area (Å²) < 4.78 is 31.7. The van der Waals surface area contributed by atoms with E-state index in [9.17, 15) is 18.4 Å². The van der Waals surface area contributed by atoms with Gasteiger partial charge >= 0.3 is 5.97 Å². The third-order valence-electron chi connectivity index (χ3n) is 4.34. The van der Waals surface area contributed by atoms with Crippen molar-refractivity contribution in [2.24, 2.45) is 0 Å². The molecular weight excluding hydrogens is 382 g/mol. The molecule has 164 valence electrons. The standard InChI is InChI=1S/C21H32F2N2O4/c1-25(2)15-16(14-20(27)28)24-19(26)12-7-5-3-4-6-8-13-29-18-11-9-10-17(22)21(18)23/h9-11,16H,3-8,12-15H2,1-2H3,(H,24,26)(H,27,28). The minimum Gasteiger partial charge on any atom is -0.490 e. The normalized spacial score (nSPS) is 12.0. The molecule has 0 radical (unpaired) electrons. The molecule has 1 amide bonds. The number of nitrogens with one attached hydrogen (secondary N) is 1. The lowest BCUT2D eigenvalue weighted by atomic mass is 10.1. The second-order valence-corrected chi connectivity index (χ2v) is 7.40. The zero-order valence-electron chi connectivity index (χ0n) is 17.3. The Labute approximate surface area is 171 Å². The van der Waals surface area contributed by atoms with Gasteiger partial charge in [0, 0.05) is 13.0 Å². The molecule has 2 N–H and O–H groups in total. The molecule has 0 bridgehead atoms. The highest BCUT2D eigenvalue weighted by molar-refractivity contribution is 5.77. The van der Waals surface area contributed by atoms with E-state index < -0.39 is 23.6 Å². The quantitative estimate of drug-likeness (QED) is 0.429. The van der Waals surface area contributed by atoms with Crippen molar-refractivity contribution < 1.29 is 28.2 Å². The molecule has 0 aliphatic carbocycles. The predicted molar refractivity (Wildman–Crippen MR) is 107 cm³/mol. The van der Waals surface area contributed by atoms with Crippen molar-refractivity contribution in [1.82, 2.24) is 10.2 Å². The second kappa shape index (κ2) is 13.9. The Kier molecular flexibility index (Phi) is 11.9. The molecule has 0 aliphatic rings. The molecule has 29 heavy (non-hydrogen) atoms. The predicted octanol–water partition coefficient (Wildman–Crippen LogP) is 3.60. The van der Waals surface area contributed by atoms with Crippen LogP contribution < -0.4 is 10.1 Å². The maximum absolute atomic E-state index is 13.4. The highest BCUT2D eigenvalue weighted by Gasteiger charge is 2.16. The topological polar surface area (TPSA) is 78.9 Å². The Bertz CT molecular complexity index is 641. The van der Waals surface area contributed by atoms with Crippen LogP contribution in [0.3, 0.4) is 0 Å². The van der Waals surface area contributed by atoms with Gasteiger partial charge in [0.15, 0.2) is 11.6 Å². The number of nitrogens with zero attached hydrogens (tertiary/aromatic N) is 1. The molecule has 1 aromatic carbocycles. The van der Waals surface area contributed by atoms with Crippen molar-refractivity contribution in [3.8, 4) is 5.75 Å². The van der Waals surface area contributed by atoms with E-state index in [0.29, 0.717) is 19.6 Å².